The first-order chi connectivity index (χ1) is 4.75. The molecule has 55 valence electrons. The molecule has 0 bridgehead atoms. The van der Waals surface area contributed by atoms with E-state index in [-0.39, 0.29) is 0 Å². The lowest BCUT2D eigenvalue weighted by Gasteiger charge is -2.07. The predicted molar refractivity (Wildman–Crippen MR) is 30.7 cm³/mol. The molecule has 1 rings (SSSR count). The van der Waals surface area contributed by atoms with Crippen molar-refractivity contribution in [2.24, 2.45) is 0 Å². The number of imide groups is 1. The Morgan fingerprint density at radius 2 is 2.40 bits per heavy atom. The van der Waals surface area contributed by atoms with Gasteiger partial charge in [0.05, 0.1) is 0 Å². The van der Waals surface area contributed by atoms with E-state index < -0.39 is 18.5 Å². The Bertz CT molecular complexity index is 168. The number of urea groups is 1. The highest BCUT2D eigenvalue weighted by Crippen LogP contribution is 1.95. The highest BCUT2D eigenvalue weighted by atomic mass is 16.3. The SMILES string of the molecule is [O]CC(=O)N1CCNC1=O. The Hall–Kier alpha value is -1.10. The van der Waals surface area contributed by atoms with Crippen molar-refractivity contribution in [1.29, 1.82) is 0 Å². The fourth-order valence-electron chi connectivity index (χ4n) is 0.787. The van der Waals surface area contributed by atoms with E-state index in [1.807, 2.05) is 0 Å². The second kappa shape index (κ2) is 2.66. The summed E-state index contributed by atoms with van der Waals surface area (Å²) in [6, 6.07) is -0.458. The third-order valence-electron chi connectivity index (χ3n) is 1.28. The summed E-state index contributed by atoms with van der Waals surface area (Å²) in [6.45, 7) is -0.0854. The van der Waals surface area contributed by atoms with Gasteiger partial charge in [-0.2, -0.15) is 0 Å². The van der Waals surface area contributed by atoms with Gasteiger partial charge in [0.25, 0.3) is 5.91 Å². The van der Waals surface area contributed by atoms with Crippen molar-refractivity contribution in [2.45, 2.75) is 0 Å². The molecule has 1 aliphatic rings. The number of hydrogen-bond acceptors (Lipinski definition) is 2. The molecule has 0 aliphatic carbocycles. The second-order valence-corrected chi connectivity index (χ2v) is 1.92. The zero-order valence-corrected chi connectivity index (χ0v) is 5.29. The van der Waals surface area contributed by atoms with Crippen LogP contribution in [0.25, 0.3) is 0 Å². The number of carbonyl (C=O) groups excluding carboxylic acids is 2. The van der Waals surface area contributed by atoms with E-state index >= 15 is 0 Å². The molecule has 0 aromatic heterocycles. The quantitative estimate of drug-likeness (QED) is 0.509. The van der Waals surface area contributed by atoms with E-state index in [0.29, 0.717) is 13.1 Å². The van der Waals surface area contributed by atoms with Gasteiger partial charge in [-0.1, -0.05) is 0 Å². The van der Waals surface area contributed by atoms with Crippen molar-refractivity contribution in [3.05, 3.63) is 0 Å². The maximum Gasteiger partial charge on any atom is 0.324 e. The lowest BCUT2D eigenvalue weighted by Crippen LogP contribution is -2.35. The van der Waals surface area contributed by atoms with Crippen LogP contribution in [0.15, 0.2) is 0 Å². The summed E-state index contributed by atoms with van der Waals surface area (Å²) in [5, 5.41) is 12.4. The van der Waals surface area contributed by atoms with Gasteiger partial charge in [-0.15, -0.1) is 0 Å². The zero-order valence-electron chi connectivity index (χ0n) is 5.29. The lowest BCUT2D eigenvalue weighted by molar-refractivity contribution is -0.132. The van der Waals surface area contributed by atoms with Crippen molar-refractivity contribution < 1.29 is 14.7 Å². The van der Waals surface area contributed by atoms with Crippen LogP contribution in [0.2, 0.25) is 0 Å². The molecule has 5 heteroatoms. The maximum absolute atomic E-state index is 10.6. The predicted octanol–water partition coefficient (Wildman–Crippen LogP) is -1.03. The van der Waals surface area contributed by atoms with Gasteiger partial charge in [0.15, 0.2) is 6.61 Å². The molecule has 0 aromatic rings. The molecule has 1 saturated heterocycles. The molecule has 0 unspecified atom stereocenters. The smallest absolute Gasteiger partial charge is 0.324 e. The number of amides is 3. The molecular formula is C5H7N2O3. The van der Waals surface area contributed by atoms with E-state index in [1.165, 1.54) is 0 Å². The van der Waals surface area contributed by atoms with Crippen molar-refractivity contribution >= 4 is 11.9 Å². The Morgan fingerprint density at radius 1 is 1.70 bits per heavy atom. The van der Waals surface area contributed by atoms with Crippen LogP contribution >= 0.6 is 0 Å². The van der Waals surface area contributed by atoms with E-state index in [4.69, 9.17) is 0 Å². The number of hydrogen-bond donors (Lipinski definition) is 1. The molecule has 1 N–H and O–H groups in total. The highest BCUT2D eigenvalue weighted by molar-refractivity contribution is 5.96. The standard InChI is InChI=1S/C5H7N2O3/c8-3-4(9)7-2-1-6-5(7)10/h1-3H2,(H,6,10). The summed E-state index contributed by atoms with van der Waals surface area (Å²) >= 11 is 0. The van der Waals surface area contributed by atoms with Gasteiger partial charge in [-0.05, 0) is 0 Å². The summed E-state index contributed by atoms with van der Waals surface area (Å²) in [6.07, 6.45) is 0. The Kier molecular flexibility index (Phi) is 1.86. The number of nitrogens with zero attached hydrogens (tertiary/aromatic N) is 1. The summed E-state index contributed by atoms with van der Waals surface area (Å²) in [7, 11) is 0. The molecule has 0 aromatic carbocycles. The van der Waals surface area contributed by atoms with Gasteiger partial charge >= 0.3 is 6.03 Å². The van der Waals surface area contributed by atoms with Gasteiger partial charge in [-0.3, -0.25) is 9.69 Å². The minimum Gasteiger partial charge on any atom is -0.336 e. The van der Waals surface area contributed by atoms with Crippen LogP contribution in [0, 0.1) is 0 Å². The molecule has 1 heterocycles. The van der Waals surface area contributed by atoms with Crippen LogP contribution in [0.4, 0.5) is 4.79 Å². The van der Waals surface area contributed by atoms with Gasteiger partial charge in [0.2, 0.25) is 0 Å². The number of nitrogens with one attached hydrogen (secondary N) is 1. The Labute approximate surface area is 57.6 Å². The van der Waals surface area contributed by atoms with Crippen molar-refractivity contribution in [3.63, 3.8) is 0 Å². The largest absolute Gasteiger partial charge is 0.336 e. The molecule has 0 saturated carbocycles. The molecular weight excluding hydrogens is 136 g/mol. The molecule has 5 nitrogen and oxygen atoms in total. The number of carbonyl (C=O) groups is 2. The lowest BCUT2D eigenvalue weighted by atomic mass is 10.5. The van der Waals surface area contributed by atoms with Crippen LogP contribution in [0.1, 0.15) is 0 Å². The van der Waals surface area contributed by atoms with E-state index in [2.05, 4.69) is 5.32 Å². The van der Waals surface area contributed by atoms with Crippen LogP contribution < -0.4 is 5.32 Å². The fraction of sp³-hybridized carbons (Fsp3) is 0.600. The van der Waals surface area contributed by atoms with Gasteiger partial charge in [0.1, 0.15) is 0 Å². The Morgan fingerprint density at radius 3 is 2.80 bits per heavy atom. The first-order valence-corrected chi connectivity index (χ1v) is 2.92. The minimum absolute atomic E-state index is 0.319. The van der Waals surface area contributed by atoms with Gasteiger partial charge < -0.3 is 5.32 Å². The van der Waals surface area contributed by atoms with E-state index in [0.717, 1.165) is 4.90 Å². The van der Waals surface area contributed by atoms with Gasteiger partial charge in [-0.25, -0.2) is 9.90 Å². The summed E-state index contributed by atoms with van der Waals surface area (Å²) in [4.78, 5) is 22.1. The van der Waals surface area contributed by atoms with E-state index in [9.17, 15) is 14.7 Å². The topological polar surface area (TPSA) is 69.3 Å². The van der Waals surface area contributed by atoms with Crippen molar-refractivity contribution in [3.8, 4) is 0 Å². The normalized spacial score (nSPS) is 17.3. The van der Waals surface area contributed by atoms with Crippen molar-refractivity contribution in [2.75, 3.05) is 19.7 Å². The molecule has 1 aliphatic heterocycles. The third-order valence-corrected chi connectivity index (χ3v) is 1.28. The van der Waals surface area contributed by atoms with Crippen LogP contribution in [0.5, 0.6) is 0 Å². The first-order valence-electron chi connectivity index (χ1n) is 2.92. The summed E-state index contributed by atoms with van der Waals surface area (Å²) in [5.41, 5.74) is 0. The van der Waals surface area contributed by atoms with Gasteiger partial charge in [0, 0.05) is 13.1 Å². The minimum atomic E-state index is -0.854. The second-order valence-electron chi connectivity index (χ2n) is 1.92. The molecule has 1 radical (unpaired) electrons. The molecule has 0 spiro atoms. The molecule has 0 atom stereocenters. The van der Waals surface area contributed by atoms with Crippen LogP contribution in [-0.2, 0) is 9.90 Å². The molecule has 3 amide bonds. The van der Waals surface area contributed by atoms with Crippen LogP contribution in [0.3, 0.4) is 0 Å². The first kappa shape index (κ1) is 7.01. The van der Waals surface area contributed by atoms with Crippen LogP contribution in [-0.4, -0.2) is 36.5 Å². The third kappa shape index (κ3) is 1.08. The number of rotatable bonds is 1. The highest BCUT2D eigenvalue weighted by Gasteiger charge is 2.25. The summed E-state index contributed by atoms with van der Waals surface area (Å²) < 4.78 is 0. The van der Waals surface area contributed by atoms with Crippen molar-refractivity contribution in [1.82, 2.24) is 10.2 Å². The average Bonchev–Trinajstić information content (AvgIpc) is 2.34. The maximum atomic E-state index is 10.6. The fourth-order valence-corrected chi connectivity index (χ4v) is 0.787. The monoisotopic (exact) mass is 143 g/mol. The van der Waals surface area contributed by atoms with E-state index in [1.54, 1.807) is 0 Å². The molecule has 1 fully saturated rings. The molecule has 10 heavy (non-hydrogen) atoms. The summed E-state index contributed by atoms with van der Waals surface area (Å²) in [5.74, 6) is -0.657. The Balaban J connectivity index is 2.55. The zero-order chi connectivity index (χ0) is 7.56. The average molecular weight is 143 g/mol.